The lowest BCUT2D eigenvalue weighted by Crippen LogP contribution is -2.22. The van der Waals surface area contributed by atoms with E-state index in [1.165, 1.54) is 7.05 Å². The van der Waals surface area contributed by atoms with Crippen LogP contribution in [-0.2, 0) is 20.4 Å². The Bertz CT molecular complexity index is 535. The van der Waals surface area contributed by atoms with Gasteiger partial charge in [0.25, 0.3) is 0 Å². The normalized spacial score (nSPS) is 11.3. The molecule has 0 radical (unpaired) electrons. The summed E-state index contributed by atoms with van der Waals surface area (Å²) in [7, 11) is -1.74. The van der Waals surface area contributed by atoms with Crippen LogP contribution in [0.3, 0.4) is 0 Å². The molecule has 0 aliphatic rings. The van der Waals surface area contributed by atoms with E-state index in [4.69, 9.17) is 0 Å². The van der Waals surface area contributed by atoms with E-state index in [1.54, 1.807) is 0 Å². The van der Waals surface area contributed by atoms with E-state index in [0.717, 1.165) is 16.7 Å². The Labute approximate surface area is 108 Å². The molecule has 1 rings (SSSR count). The van der Waals surface area contributed by atoms with Crippen LogP contribution < -0.4 is 5.32 Å². The highest BCUT2D eigenvalue weighted by atomic mass is 32.2. The molecule has 0 bridgehead atoms. The molecule has 18 heavy (non-hydrogen) atoms. The molecule has 0 saturated carbocycles. The molecule has 100 valence electrons. The molecule has 0 spiro atoms. The van der Waals surface area contributed by atoms with Crippen LogP contribution in [0.1, 0.15) is 23.1 Å². The Hall–Kier alpha value is -1.36. The van der Waals surface area contributed by atoms with E-state index in [-0.39, 0.29) is 23.8 Å². The molecule has 0 aliphatic heterocycles. The minimum absolute atomic E-state index is 0.00247. The van der Waals surface area contributed by atoms with Crippen molar-refractivity contribution in [3.63, 3.8) is 0 Å². The summed E-state index contributed by atoms with van der Waals surface area (Å²) >= 11 is 0. The van der Waals surface area contributed by atoms with Gasteiger partial charge in [0.2, 0.25) is 5.91 Å². The SMILES string of the molecule is CNC(=O)CCS(=O)(=O)Cc1cc(C)ccc1C. The van der Waals surface area contributed by atoms with E-state index >= 15 is 0 Å². The first kappa shape index (κ1) is 14.7. The second-order valence-corrected chi connectivity index (χ2v) is 6.63. The minimum atomic E-state index is -3.24. The maximum atomic E-state index is 11.9. The standard InChI is InChI=1S/C13H19NO3S/c1-10-4-5-11(2)12(8-10)9-18(16,17)7-6-13(15)14-3/h4-5,8H,6-7,9H2,1-3H3,(H,14,15). The number of sulfone groups is 1. The van der Waals surface area contributed by atoms with Crippen molar-refractivity contribution in [2.24, 2.45) is 0 Å². The fourth-order valence-corrected chi connectivity index (χ4v) is 3.06. The maximum absolute atomic E-state index is 11.9. The Balaban J connectivity index is 2.76. The van der Waals surface area contributed by atoms with E-state index < -0.39 is 9.84 Å². The number of benzene rings is 1. The van der Waals surface area contributed by atoms with E-state index in [9.17, 15) is 13.2 Å². The third-order valence-corrected chi connectivity index (χ3v) is 4.38. The van der Waals surface area contributed by atoms with Gasteiger partial charge in [0.05, 0.1) is 11.5 Å². The summed E-state index contributed by atoms with van der Waals surface area (Å²) in [6.07, 6.45) is 0.0176. The zero-order chi connectivity index (χ0) is 13.8. The van der Waals surface area contributed by atoms with Crippen molar-refractivity contribution < 1.29 is 13.2 Å². The Morgan fingerprint density at radius 1 is 1.28 bits per heavy atom. The van der Waals surface area contributed by atoms with Crippen LogP contribution in [-0.4, -0.2) is 27.1 Å². The molecule has 0 atom stereocenters. The molecule has 0 aromatic heterocycles. The fraction of sp³-hybridized carbons (Fsp3) is 0.462. The van der Waals surface area contributed by atoms with Crippen molar-refractivity contribution in [2.45, 2.75) is 26.0 Å². The molecule has 5 heteroatoms. The lowest BCUT2D eigenvalue weighted by molar-refractivity contribution is -0.120. The molecule has 0 saturated heterocycles. The Morgan fingerprint density at radius 2 is 1.94 bits per heavy atom. The van der Waals surface area contributed by atoms with Crippen molar-refractivity contribution in [1.82, 2.24) is 5.32 Å². The predicted octanol–water partition coefficient (Wildman–Crippen LogP) is 1.35. The van der Waals surface area contributed by atoms with E-state index in [2.05, 4.69) is 5.32 Å². The molecule has 1 amide bonds. The van der Waals surface area contributed by atoms with Crippen LogP contribution in [0, 0.1) is 13.8 Å². The first-order chi connectivity index (χ1) is 8.34. The summed E-state index contributed by atoms with van der Waals surface area (Å²) in [6.45, 7) is 3.82. The summed E-state index contributed by atoms with van der Waals surface area (Å²) in [5, 5.41) is 2.42. The number of carbonyl (C=O) groups is 1. The van der Waals surface area contributed by atoms with Gasteiger partial charge in [0.15, 0.2) is 9.84 Å². The van der Waals surface area contributed by atoms with Crippen LogP contribution >= 0.6 is 0 Å². The second-order valence-electron chi connectivity index (χ2n) is 4.45. The van der Waals surface area contributed by atoms with Crippen LogP contribution in [0.5, 0.6) is 0 Å². The van der Waals surface area contributed by atoms with Crippen molar-refractivity contribution >= 4 is 15.7 Å². The average Bonchev–Trinajstić information content (AvgIpc) is 2.30. The second kappa shape index (κ2) is 6.00. The molecule has 0 heterocycles. The summed E-state index contributed by atoms with van der Waals surface area (Å²) in [5.74, 6) is -0.364. The quantitative estimate of drug-likeness (QED) is 0.877. The molecule has 0 unspecified atom stereocenters. The van der Waals surface area contributed by atoms with Crippen molar-refractivity contribution in [3.05, 3.63) is 34.9 Å². The number of hydrogen-bond acceptors (Lipinski definition) is 3. The summed E-state index contributed by atoms with van der Waals surface area (Å²) in [4.78, 5) is 11.1. The molecular weight excluding hydrogens is 250 g/mol. The number of carbonyl (C=O) groups excluding carboxylic acids is 1. The van der Waals surface area contributed by atoms with Gasteiger partial charge in [-0.3, -0.25) is 4.79 Å². The van der Waals surface area contributed by atoms with Gasteiger partial charge >= 0.3 is 0 Å². The minimum Gasteiger partial charge on any atom is -0.359 e. The first-order valence-corrected chi connectivity index (χ1v) is 7.63. The van der Waals surface area contributed by atoms with E-state index in [0.29, 0.717) is 0 Å². The highest BCUT2D eigenvalue weighted by Gasteiger charge is 2.15. The van der Waals surface area contributed by atoms with Gasteiger partial charge in [-0.2, -0.15) is 0 Å². The molecule has 4 nitrogen and oxygen atoms in total. The van der Waals surface area contributed by atoms with Gasteiger partial charge in [0.1, 0.15) is 0 Å². The highest BCUT2D eigenvalue weighted by molar-refractivity contribution is 7.90. The third kappa shape index (κ3) is 4.49. The number of rotatable bonds is 5. The van der Waals surface area contributed by atoms with E-state index in [1.807, 2.05) is 32.0 Å². The van der Waals surface area contributed by atoms with Crippen LogP contribution in [0.2, 0.25) is 0 Å². The largest absolute Gasteiger partial charge is 0.359 e. The summed E-state index contributed by atoms with van der Waals surface area (Å²) in [6, 6.07) is 5.75. The van der Waals surface area contributed by atoms with Gasteiger partial charge in [-0.25, -0.2) is 8.42 Å². The van der Waals surface area contributed by atoms with Crippen LogP contribution in [0.4, 0.5) is 0 Å². The maximum Gasteiger partial charge on any atom is 0.220 e. The predicted molar refractivity (Wildman–Crippen MR) is 72.1 cm³/mol. The lowest BCUT2D eigenvalue weighted by atomic mass is 10.1. The number of nitrogens with one attached hydrogen (secondary N) is 1. The van der Waals surface area contributed by atoms with Crippen molar-refractivity contribution in [2.75, 3.05) is 12.8 Å². The zero-order valence-electron chi connectivity index (χ0n) is 11.0. The fourth-order valence-electron chi connectivity index (χ4n) is 1.64. The topological polar surface area (TPSA) is 63.2 Å². The molecule has 0 fully saturated rings. The average molecular weight is 269 g/mol. The Kier molecular flexibility index (Phi) is 4.90. The van der Waals surface area contributed by atoms with Gasteiger partial charge in [0, 0.05) is 13.5 Å². The number of amides is 1. The smallest absolute Gasteiger partial charge is 0.220 e. The van der Waals surface area contributed by atoms with Crippen LogP contribution in [0.15, 0.2) is 18.2 Å². The highest BCUT2D eigenvalue weighted by Crippen LogP contribution is 2.14. The van der Waals surface area contributed by atoms with Crippen molar-refractivity contribution in [1.29, 1.82) is 0 Å². The molecule has 0 aliphatic carbocycles. The summed E-state index contributed by atoms with van der Waals surface area (Å²) < 4.78 is 23.8. The van der Waals surface area contributed by atoms with Gasteiger partial charge < -0.3 is 5.32 Å². The molecule has 1 aromatic carbocycles. The third-order valence-electron chi connectivity index (χ3n) is 2.80. The Morgan fingerprint density at radius 3 is 2.56 bits per heavy atom. The van der Waals surface area contributed by atoms with Crippen LogP contribution in [0.25, 0.3) is 0 Å². The lowest BCUT2D eigenvalue weighted by Gasteiger charge is -2.08. The van der Waals surface area contributed by atoms with Gasteiger partial charge in [-0.15, -0.1) is 0 Å². The molecular formula is C13H19NO3S. The number of aryl methyl sites for hydroxylation is 2. The van der Waals surface area contributed by atoms with Gasteiger partial charge in [-0.05, 0) is 25.0 Å². The summed E-state index contributed by atoms with van der Waals surface area (Å²) in [5.41, 5.74) is 2.81. The first-order valence-electron chi connectivity index (χ1n) is 5.81. The molecule has 1 N–H and O–H groups in total. The monoisotopic (exact) mass is 269 g/mol. The van der Waals surface area contributed by atoms with Crippen molar-refractivity contribution in [3.8, 4) is 0 Å². The molecule has 1 aromatic rings. The number of hydrogen-bond donors (Lipinski definition) is 1. The van der Waals surface area contributed by atoms with Gasteiger partial charge in [-0.1, -0.05) is 23.8 Å². The zero-order valence-corrected chi connectivity index (χ0v) is 11.8.